The highest BCUT2D eigenvalue weighted by atomic mass is 19.1. The van der Waals surface area contributed by atoms with Gasteiger partial charge in [0.2, 0.25) is 11.8 Å². The summed E-state index contributed by atoms with van der Waals surface area (Å²) in [6.07, 6.45) is 5.22. The van der Waals surface area contributed by atoms with E-state index in [4.69, 9.17) is 20.2 Å². The van der Waals surface area contributed by atoms with Gasteiger partial charge in [0.05, 0.1) is 36.2 Å². The maximum Gasteiger partial charge on any atom is 0.235 e. The number of nitrogens with zero attached hydrogens (tertiary/aromatic N) is 7. The molecule has 3 saturated heterocycles. The summed E-state index contributed by atoms with van der Waals surface area (Å²) < 4.78 is 22.0. The van der Waals surface area contributed by atoms with E-state index in [1.165, 1.54) is 6.07 Å². The fraction of sp³-hybridized carbons (Fsp3) is 0.366. The van der Waals surface area contributed by atoms with Crippen LogP contribution in [0.15, 0.2) is 79.0 Å². The van der Waals surface area contributed by atoms with Crippen LogP contribution in [-0.2, 0) is 9.59 Å². The van der Waals surface area contributed by atoms with Crippen LogP contribution in [0.5, 0.6) is 5.75 Å². The number of hydrogen-bond donors (Lipinski definition) is 3. The van der Waals surface area contributed by atoms with E-state index in [1.807, 2.05) is 53.2 Å². The summed E-state index contributed by atoms with van der Waals surface area (Å²) in [5.41, 5.74) is 4.87. The molecule has 6 heterocycles. The van der Waals surface area contributed by atoms with Crippen molar-refractivity contribution in [3.05, 3.63) is 95.9 Å². The number of benzene rings is 2. The third-order valence-corrected chi connectivity index (χ3v) is 10.8. The number of pyridine rings is 1. The highest BCUT2D eigenvalue weighted by Gasteiger charge is 2.32. The number of piperidine rings is 1. The lowest BCUT2D eigenvalue weighted by atomic mass is 9.88. The van der Waals surface area contributed by atoms with Gasteiger partial charge < -0.3 is 25.3 Å². The average Bonchev–Trinajstić information content (AvgIpc) is 3.87. The summed E-state index contributed by atoms with van der Waals surface area (Å²) in [6, 6.07) is 22.5. The van der Waals surface area contributed by atoms with Crippen molar-refractivity contribution in [3.63, 3.8) is 0 Å². The average molecular weight is 745 g/mol. The summed E-state index contributed by atoms with van der Waals surface area (Å²) in [4.78, 5) is 40.6. The molecule has 8 rings (SSSR count). The first kappa shape index (κ1) is 36.1. The maximum absolute atomic E-state index is 14.1. The Morgan fingerprint density at radius 3 is 2.65 bits per heavy atom. The van der Waals surface area contributed by atoms with Gasteiger partial charge in [0.25, 0.3) is 0 Å². The number of imide groups is 1. The van der Waals surface area contributed by atoms with Gasteiger partial charge in [-0.3, -0.25) is 19.8 Å². The number of nitrogens with one attached hydrogen (secondary N) is 3. The van der Waals surface area contributed by atoms with E-state index in [1.54, 1.807) is 25.2 Å². The molecule has 0 spiro atoms. The van der Waals surface area contributed by atoms with E-state index >= 15 is 0 Å². The molecule has 3 aliphatic heterocycles. The zero-order valence-corrected chi connectivity index (χ0v) is 30.9. The topological polar surface area (TPSA) is 144 Å². The number of fused-ring (bicyclic) bond motifs is 1. The fourth-order valence-corrected chi connectivity index (χ4v) is 7.93. The SMILES string of the molecule is CNc1cc(OCCCN2CCN(c3cccc(-c4cnc5ccc(N6CCC[C@@H]6c6cccc(F)c6)nn45)n3)CC2)ccc1C(=N)C1CCC(=O)NC1=O. The van der Waals surface area contributed by atoms with E-state index in [0.29, 0.717) is 30.0 Å². The molecule has 1 unspecified atom stereocenters. The quantitative estimate of drug-likeness (QED) is 0.0872. The van der Waals surface area contributed by atoms with Gasteiger partial charge in [-0.15, -0.1) is 5.10 Å². The number of amides is 2. The molecule has 2 amide bonds. The number of anilines is 3. The second-order valence-electron chi connectivity index (χ2n) is 14.3. The lowest BCUT2D eigenvalue weighted by molar-refractivity contribution is -0.134. The zero-order valence-electron chi connectivity index (χ0n) is 30.9. The number of carbonyl (C=O) groups is 2. The minimum absolute atomic E-state index is 0.0707. The highest BCUT2D eigenvalue weighted by Crippen LogP contribution is 2.36. The van der Waals surface area contributed by atoms with Crippen LogP contribution in [0.3, 0.4) is 0 Å². The molecule has 13 nitrogen and oxygen atoms in total. The Hall–Kier alpha value is -5.89. The van der Waals surface area contributed by atoms with Crippen LogP contribution >= 0.6 is 0 Å². The van der Waals surface area contributed by atoms with Crippen molar-refractivity contribution in [2.45, 2.75) is 38.1 Å². The lowest BCUT2D eigenvalue weighted by Crippen LogP contribution is -2.47. The van der Waals surface area contributed by atoms with Gasteiger partial charge in [-0.1, -0.05) is 18.2 Å². The third-order valence-electron chi connectivity index (χ3n) is 10.8. The number of piperazine rings is 1. The standard InChI is InChI=1S/C41H45FN10O3/c1-44-33-25-29(11-12-30(33)40(43)31-13-16-39(53)47-41(31)54)55-23-5-17-49-19-21-50(22-20-49)37-10-3-8-32(46-37)35-26-45-36-14-15-38(48-52(35)36)51-18-4-9-34(51)27-6-2-7-28(42)24-27/h2-3,6-8,10-12,14-15,24-26,31,34,43-44H,4-5,9,13,16-23H2,1H3,(H,47,53,54)/t31?,34-/m1/s1. The summed E-state index contributed by atoms with van der Waals surface area (Å²) in [5.74, 6) is 0.875. The molecule has 3 fully saturated rings. The molecule has 14 heteroatoms. The monoisotopic (exact) mass is 744 g/mol. The molecule has 0 bridgehead atoms. The fourth-order valence-electron chi connectivity index (χ4n) is 7.93. The smallest absolute Gasteiger partial charge is 0.235 e. The van der Waals surface area contributed by atoms with E-state index < -0.39 is 11.8 Å². The molecule has 55 heavy (non-hydrogen) atoms. The first-order valence-corrected chi connectivity index (χ1v) is 19.0. The van der Waals surface area contributed by atoms with Gasteiger partial charge in [-0.25, -0.2) is 18.9 Å². The van der Waals surface area contributed by atoms with Crippen molar-refractivity contribution in [2.24, 2.45) is 5.92 Å². The van der Waals surface area contributed by atoms with Gasteiger partial charge in [0.1, 0.15) is 28.9 Å². The van der Waals surface area contributed by atoms with E-state index in [9.17, 15) is 14.0 Å². The van der Waals surface area contributed by atoms with Gasteiger partial charge in [0, 0.05) is 70.1 Å². The van der Waals surface area contributed by atoms with Crippen LogP contribution in [0.25, 0.3) is 17.0 Å². The van der Waals surface area contributed by atoms with Crippen LogP contribution < -0.4 is 25.2 Å². The van der Waals surface area contributed by atoms with E-state index in [2.05, 4.69) is 36.4 Å². The van der Waals surface area contributed by atoms with Crippen LogP contribution in [0.2, 0.25) is 0 Å². The summed E-state index contributed by atoms with van der Waals surface area (Å²) in [5, 5.41) is 19.1. The van der Waals surface area contributed by atoms with Crippen LogP contribution in [-0.4, -0.2) is 94.9 Å². The third kappa shape index (κ3) is 7.72. The van der Waals surface area contributed by atoms with Crippen LogP contribution in [0, 0.1) is 17.1 Å². The number of halogens is 1. The number of ether oxygens (including phenoxy) is 1. The minimum atomic E-state index is -0.649. The molecule has 3 N–H and O–H groups in total. The molecule has 0 radical (unpaired) electrons. The molecule has 284 valence electrons. The van der Waals surface area contributed by atoms with Crippen LogP contribution in [0.1, 0.15) is 49.3 Å². The Morgan fingerprint density at radius 2 is 1.84 bits per heavy atom. The first-order valence-electron chi connectivity index (χ1n) is 19.0. The molecule has 0 aliphatic carbocycles. The van der Waals surface area contributed by atoms with Gasteiger partial charge in [0.15, 0.2) is 5.65 Å². The van der Waals surface area contributed by atoms with Crippen molar-refractivity contribution in [2.75, 3.05) is 68.0 Å². The van der Waals surface area contributed by atoms with Gasteiger partial charge in [-0.05, 0) is 79.8 Å². The van der Waals surface area contributed by atoms with Crippen molar-refractivity contribution < 1.29 is 18.7 Å². The second kappa shape index (κ2) is 15.8. The Labute approximate surface area is 319 Å². The minimum Gasteiger partial charge on any atom is -0.493 e. The summed E-state index contributed by atoms with van der Waals surface area (Å²) in [6.45, 7) is 5.85. The Kier molecular flexibility index (Phi) is 10.4. The molecule has 5 aromatic rings. The predicted molar refractivity (Wildman–Crippen MR) is 209 cm³/mol. The van der Waals surface area contributed by atoms with Gasteiger partial charge >= 0.3 is 0 Å². The van der Waals surface area contributed by atoms with Crippen LogP contribution in [0.4, 0.5) is 21.7 Å². The van der Waals surface area contributed by atoms with Gasteiger partial charge in [-0.2, -0.15) is 0 Å². The number of rotatable bonds is 12. The molecule has 3 aliphatic rings. The number of imidazole rings is 1. The Balaban J connectivity index is 0.849. The largest absolute Gasteiger partial charge is 0.493 e. The predicted octanol–water partition coefficient (Wildman–Crippen LogP) is 5.33. The van der Waals surface area contributed by atoms with E-state index in [-0.39, 0.29) is 29.9 Å². The van der Waals surface area contributed by atoms with Crippen molar-refractivity contribution in [1.29, 1.82) is 5.41 Å². The maximum atomic E-state index is 14.1. The summed E-state index contributed by atoms with van der Waals surface area (Å²) >= 11 is 0. The normalized spacial score (nSPS) is 19.2. The molecular weight excluding hydrogens is 700 g/mol. The number of hydrogen-bond acceptors (Lipinski definition) is 11. The first-order chi connectivity index (χ1) is 26.8. The molecule has 2 aromatic carbocycles. The van der Waals surface area contributed by atoms with Crippen molar-refractivity contribution in [1.82, 2.24) is 29.8 Å². The molecule has 3 aromatic heterocycles. The number of carbonyl (C=O) groups excluding carboxylic acids is 2. The molecule has 0 saturated carbocycles. The van der Waals surface area contributed by atoms with Crippen molar-refractivity contribution >= 4 is 40.5 Å². The second-order valence-corrected chi connectivity index (χ2v) is 14.3. The zero-order chi connectivity index (χ0) is 37.9. The number of aromatic nitrogens is 4. The molecule has 2 atom stereocenters. The van der Waals surface area contributed by atoms with Crippen molar-refractivity contribution in [3.8, 4) is 17.1 Å². The lowest BCUT2D eigenvalue weighted by Gasteiger charge is -2.35. The Morgan fingerprint density at radius 1 is 0.982 bits per heavy atom. The summed E-state index contributed by atoms with van der Waals surface area (Å²) in [7, 11) is 1.78. The molecular formula is C41H45FN10O3. The Bertz CT molecular complexity index is 2220. The van der Waals surface area contributed by atoms with E-state index in [0.717, 1.165) is 92.8 Å². The highest BCUT2D eigenvalue weighted by molar-refractivity contribution is 6.17.